The van der Waals surface area contributed by atoms with Gasteiger partial charge in [-0.1, -0.05) is 29.8 Å². The fourth-order valence-corrected chi connectivity index (χ4v) is 5.13. The van der Waals surface area contributed by atoms with E-state index in [0.717, 1.165) is 0 Å². The van der Waals surface area contributed by atoms with Crippen molar-refractivity contribution in [3.8, 4) is 0 Å². The molecule has 2 aromatic carbocycles. The Kier molecular flexibility index (Phi) is 7.47. The lowest BCUT2D eigenvalue weighted by Crippen LogP contribution is -2.46. The highest BCUT2D eigenvalue weighted by molar-refractivity contribution is 7.89. The highest BCUT2D eigenvalue weighted by atomic mass is 35.5. The fraction of sp³-hybridized carbons (Fsp3) is 0.333. The Morgan fingerprint density at radius 3 is 2.37 bits per heavy atom. The van der Waals surface area contributed by atoms with Gasteiger partial charge in [0.25, 0.3) is 5.91 Å². The molecule has 2 N–H and O–H groups in total. The summed E-state index contributed by atoms with van der Waals surface area (Å²) in [6, 6.07) is 14.1. The molecule has 3 rings (SSSR count). The second-order valence-corrected chi connectivity index (χ2v) is 9.32. The largest absolute Gasteiger partial charge is 0.355 e. The van der Waals surface area contributed by atoms with E-state index in [1.54, 1.807) is 24.3 Å². The molecule has 1 heterocycles. The maximum Gasteiger partial charge on any atom is 0.251 e. The number of amides is 2. The highest BCUT2D eigenvalue weighted by Crippen LogP contribution is 2.27. The smallest absolute Gasteiger partial charge is 0.251 e. The third-order valence-electron chi connectivity index (χ3n) is 4.90. The van der Waals surface area contributed by atoms with Crippen LogP contribution in [0.2, 0.25) is 5.02 Å². The maximum absolute atomic E-state index is 12.9. The first-order valence-corrected chi connectivity index (χ1v) is 11.6. The Morgan fingerprint density at radius 2 is 1.67 bits per heavy atom. The maximum atomic E-state index is 12.9. The molecule has 0 saturated carbocycles. The quantitative estimate of drug-likeness (QED) is 0.605. The summed E-state index contributed by atoms with van der Waals surface area (Å²) < 4.78 is 27.1. The van der Waals surface area contributed by atoms with Crippen LogP contribution in [0.15, 0.2) is 59.5 Å². The summed E-state index contributed by atoms with van der Waals surface area (Å²) in [5, 5.41) is 6.03. The molecule has 1 saturated heterocycles. The Hall–Kier alpha value is -2.42. The lowest BCUT2D eigenvalue weighted by atomic mass is 10.2. The molecule has 0 unspecified atom stereocenters. The van der Waals surface area contributed by atoms with E-state index in [2.05, 4.69) is 10.6 Å². The zero-order chi connectivity index (χ0) is 21.6. The van der Waals surface area contributed by atoms with Crippen molar-refractivity contribution < 1.29 is 18.0 Å². The second kappa shape index (κ2) is 10.1. The first-order chi connectivity index (χ1) is 14.4. The molecule has 1 atom stereocenters. The van der Waals surface area contributed by atoms with Crippen molar-refractivity contribution in [2.45, 2.75) is 30.2 Å². The average molecular weight is 450 g/mol. The van der Waals surface area contributed by atoms with Crippen molar-refractivity contribution >= 4 is 33.4 Å². The molecular formula is C21H24ClN3O4S. The van der Waals surface area contributed by atoms with E-state index in [1.165, 1.54) is 28.6 Å². The third-order valence-corrected chi connectivity index (χ3v) is 7.08. The molecule has 9 heteroatoms. The van der Waals surface area contributed by atoms with E-state index in [9.17, 15) is 18.0 Å². The van der Waals surface area contributed by atoms with Gasteiger partial charge in [0.15, 0.2) is 0 Å². The summed E-state index contributed by atoms with van der Waals surface area (Å²) in [6.45, 7) is 1.06. The molecule has 2 amide bonds. The van der Waals surface area contributed by atoms with E-state index < -0.39 is 16.1 Å². The Labute approximate surface area is 181 Å². The molecule has 0 bridgehead atoms. The van der Waals surface area contributed by atoms with Crippen molar-refractivity contribution in [2.24, 2.45) is 0 Å². The number of hydrogen-bond donors (Lipinski definition) is 2. The monoisotopic (exact) mass is 449 g/mol. The van der Waals surface area contributed by atoms with Crippen LogP contribution in [-0.4, -0.2) is 50.2 Å². The molecule has 2 aromatic rings. The van der Waals surface area contributed by atoms with Crippen molar-refractivity contribution in [1.82, 2.24) is 14.9 Å². The Morgan fingerprint density at radius 1 is 1.00 bits per heavy atom. The van der Waals surface area contributed by atoms with Gasteiger partial charge in [0.05, 0.1) is 4.90 Å². The topological polar surface area (TPSA) is 95.6 Å². The number of nitrogens with zero attached hydrogens (tertiary/aromatic N) is 1. The van der Waals surface area contributed by atoms with Gasteiger partial charge in [-0.25, -0.2) is 8.42 Å². The van der Waals surface area contributed by atoms with Gasteiger partial charge in [0.2, 0.25) is 15.9 Å². The fourth-order valence-electron chi connectivity index (χ4n) is 3.34. The van der Waals surface area contributed by atoms with Crippen LogP contribution < -0.4 is 10.6 Å². The van der Waals surface area contributed by atoms with Crippen molar-refractivity contribution in [3.63, 3.8) is 0 Å². The zero-order valence-corrected chi connectivity index (χ0v) is 18.0. The molecule has 0 aliphatic carbocycles. The summed E-state index contributed by atoms with van der Waals surface area (Å²) in [4.78, 5) is 24.7. The normalized spacial score (nSPS) is 16.9. The van der Waals surface area contributed by atoms with Gasteiger partial charge in [-0.15, -0.1) is 0 Å². The predicted molar refractivity (Wildman–Crippen MR) is 115 cm³/mol. The molecule has 160 valence electrons. The van der Waals surface area contributed by atoms with Crippen LogP contribution >= 0.6 is 11.6 Å². The van der Waals surface area contributed by atoms with Gasteiger partial charge in [-0.05, 0) is 55.7 Å². The van der Waals surface area contributed by atoms with Crippen molar-refractivity contribution in [1.29, 1.82) is 0 Å². The van der Waals surface area contributed by atoms with Crippen molar-refractivity contribution in [3.05, 3.63) is 65.2 Å². The summed E-state index contributed by atoms with van der Waals surface area (Å²) in [6.07, 6.45) is 1.64. The van der Waals surface area contributed by atoms with Gasteiger partial charge >= 0.3 is 0 Å². The van der Waals surface area contributed by atoms with E-state index >= 15 is 0 Å². The molecule has 0 aromatic heterocycles. The molecule has 1 fully saturated rings. The zero-order valence-electron chi connectivity index (χ0n) is 16.4. The van der Waals surface area contributed by atoms with E-state index in [0.29, 0.717) is 49.5 Å². The van der Waals surface area contributed by atoms with E-state index in [1.807, 2.05) is 6.07 Å². The number of nitrogens with one attached hydrogen (secondary N) is 2. The second-order valence-electron chi connectivity index (χ2n) is 6.99. The van der Waals surface area contributed by atoms with Crippen LogP contribution in [0.5, 0.6) is 0 Å². The number of rotatable bonds is 8. The number of sulfonamides is 1. The Bertz CT molecular complexity index is 981. The molecule has 0 spiro atoms. The average Bonchev–Trinajstić information content (AvgIpc) is 3.25. The van der Waals surface area contributed by atoms with Crippen LogP contribution in [0.25, 0.3) is 0 Å². The minimum absolute atomic E-state index is 0.121. The summed E-state index contributed by atoms with van der Waals surface area (Å²) >= 11 is 5.84. The summed E-state index contributed by atoms with van der Waals surface area (Å²) in [5.74, 6) is -0.489. The van der Waals surface area contributed by atoms with Gasteiger partial charge < -0.3 is 10.6 Å². The number of benzene rings is 2. The molecular weight excluding hydrogens is 426 g/mol. The standard InChI is InChI=1S/C21H24ClN3O4S/c22-17-9-11-18(12-10-17)30(28,29)25-15-4-8-19(25)21(27)24-14-5-13-23-20(26)16-6-2-1-3-7-16/h1-3,6-7,9-12,19H,4-5,8,13-15H2,(H,23,26)(H,24,27)/t19-/m0/s1. The first-order valence-electron chi connectivity index (χ1n) is 9.78. The third kappa shape index (κ3) is 5.38. The summed E-state index contributed by atoms with van der Waals surface area (Å²) in [5.41, 5.74) is 0.579. The van der Waals surface area contributed by atoms with Gasteiger partial charge in [-0.3, -0.25) is 9.59 Å². The number of halogens is 1. The van der Waals surface area contributed by atoms with Crippen LogP contribution in [-0.2, 0) is 14.8 Å². The lowest BCUT2D eigenvalue weighted by Gasteiger charge is -2.23. The molecule has 1 aliphatic rings. The number of hydrogen-bond acceptors (Lipinski definition) is 4. The van der Waals surface area contributed by atoms with Crippen LogP contribution in [0.1, 0.15) is 29.6 Å². The predicted octanol–water partition coefficient (Wildman–Crippen LogP) is 2.43. The van der Waals surface area contributed by atoms with Gasteiger partial charge in [-0.2, -0.15) is 4.31 Å². The molecule has 1 aliphatic heterocycles. The summed E-state index contributed by atoms with van der Waals surface area (Å²) in [7, 11) is -3.77. The highest BCUT2D eigenvalue weighted by Gasteiger charge is 2.39. The van der Waals surface area contributed by atoms with Gasteiger partial charge in [0, 0.05) is 30.2 Å². The van der Waals surface area contributed by atoms with Crippen molar-refractivity contribution in [2.75, 3.05) is 19.6 Å². The first kappa shape index (κ1) is 22.3. The van der Waals surface area contributed by atoms with Crippen LogP contribution in [0, 0.1) is 0 Å². The number of carbonyl (C=O) groups is 2. The van der Waals surface area contributed by atoms with Crippen LogP contribution in [0.3, 0.4) is 0 Å². The van der Waals surface area contributed by atoms with Crippen LogP contribution in [0.4, 0.5) is 0 Å². The number of carbonyl (C=O) groups excluding carboxylic acids is 2. The molecule has 7 nitrogen and oxygen atoms in total. The minimum Gasteiger partial charge on any atom is -0.355 e. The minimum atomic E-state index is -3.77. The Balaban J connectivity index is 1.49. The molecule has 30 heavy (non-hydrogen) atoms. The SMILES string of the molecule is O=C(NCCCNC(=O)[C@@H]1CCCN1S(=O)(=O)c1ccc(Cl)cc1)c1ccccc1. The van der Waals surface area contributed by atoms with E-state index in [4.69, 9.17) is 11.6 Å². The lowest BCUT2D eigenvalue weighted by molar-refractivity contribution is -0.124. The van der Waals surface area contributed by atoms with E-state index in [-0.39, 0.29) is 16.7 Å². The van der Waals surface area contributed by atoms with Gasteiger partial charge in [0.1, 0.15) is 6.04 Å². The molecule has 0 radical (unpaired) electrons.